The lowest BCUT2D eigenvalue weighted by Gasteiger charge is -2.22. The van der Waals surface area contributed by atoms with Crippen molar-refractivity contribution < 1.29 is 24.1 Å². The lowest BCUT2D eigenvalue weighted by atomic mass is 10.1. The molecule has 1 aromatic carbocycles. The minimum atomic E-state index is -0.00629. The van der Waals surface area contributed by atoms with Crippen LogP contribution in [0.4, 0.5) is 0 Å². The van der Waals surface area contributed by atoms with Crippen molar-refractivity contribution >= 4 is 5.91 Å². The summed E-state index contributed by atoms with van der Waals surface area (Å²) in [5, 5.41) is 9.26. The summed E-state index contributed by atoms with van der Waals surface area (Å²) in [7, 11) is 0. The van der Waals surface area contributed by atoms with Gasteiger partial charge in [-0.25, -0.2) is 0 Å². The van der Waals surface area contributed by atoms with Gasteiger partial charge in [-0.2, -0.15) is 0 Å². The number of carbonyl (C=O) groups excluding carboxylic acids is 1. The molecule has 0 radical (unpaired) electrons. The van der Waals surface area contributed by atoms with Crippen molar-refractivity contribution in [2.24, 2.45) is 5.92 Å². The van der Waals surface area contributed by atoms with Crippen LogP contribution in [0.5, 0.6) is 11.5 Å². The van der Waals surface area contributed by atoms with E-state index >= 15 is 0 Å². The summed E-state index contributed by atoms with van der Waals surface area (Å²) in [5.74, 6) is 1.44. The summed E-state index contributed by atoms with van der Waals surface area (Å²) < 4.78 is 16.0. The van der Waals surface area contributed by atoms with E-state index in [4.69, 9.17) is 14.2 Å². The molecule has 0 aliphatic carbocycles. The molecule has 2 aliphatic heterocycles. The van der Waals surface area contributed by atoms with Crippen molar-refractivity contribution in [2.75, 3.05) is 39.7 Å². The summed E-state index contributed by atoms with van der Waals surface area (Å²) in [6, 6.07) is 5.55. The normalized spacial score (nSPS) is 21.2. The number of fused-ring (bicyclic) bond motifs is 1. The Morgan fingerprint density at radius 1 is 1.33 bits per heavy atom. The fourth-order valence-corrected chi connectivity index (χ4v) is 2.55. The number of hydrogen-bond acceptors (Lipinski definition) is 5. The van der Waals surface area contributed by atoms with Crippen molar-refractivity contribution in [3.63, 3.8) is 0 Å². The fourth-order valence-electron chi connectivity index (χ4n) is 2.55. The number of aliphatic hydroxyl groups is 1. The molecule has 3 rings (SSSR count). The maximum Gasteiger partial charge on any atom is 0.231 e. The molecule has 0 spiro atoms. The molecule has 21 heavy (non-hydrogen) atoms. The highest BCUT2D eigenvalue weighted by Crippen LogP contribution is 2.32. The molecule has 2 heterocycles. The van der Waals surface area contributed by atoms with Gasteiger partial charge in [0.05, 0.1) is 19.6 Å². The van der Waals surface area contributed by atoms with Crippen molar-refractivity contribution in [1.29, 1.82) is 0 Å². The highest BCUT2D eigenvalue weighted by molar-refractivity contribution is 5.79. The third-order valence-electron chi connectivity index (χ3n) is 3.74. The topological polar surface area (TPSA) is 68.2 Å². The number of rotatable bonds is 3. The lowest BCUT2D eigenvalue weighted by Crippen LogP contribution is -2.37. The van der Waals surface area contributed by atoms with Crippen LogP contribution in [-0.2, 0) is 16.0 Å². The van der Waals surface area contributed by atoms with Crippen molar-refractivity contribution in [3.8, 4) is 11.5 Å². The first-order valence-electron chi connectivity index (χ1n) is 7.11. The molecule has 0 bridgehead atoms. The van der Waals surface area contributed by atoms with Gasteiger partial charge in [0.1, 0.15) is 0 Å². The van der Waals surface area contributed by atoms with Crippen LogP contribution in [0.15, 0.2) is 18.2 Å². The number of aliphatic hydroxyl groups excluding tert-OH is 1. The quantitative estimate of drug-likeness (QED) is 0.875. The van der Waals surface area contributed by atoms with Gasteiger partial charge < -0.3 is 24.2 Å². The van der Waals surface area contributed by atoms with E-state index in [0.29, 0.717) is 38.5 Å². The monoisotopic (exact) mass is 293 g/mol. The van der Waals surface area contributed by atoms with E-state index < -0.39 is 0 Å². The predicted octanol–water partition coefficient (Wildman–Crippen LogP) is 0.425. The fraction of sp³-hybridized carbons (Fsp3) is 0.533. The van der Waals surface area contributed by atoms with E-state index in [0.717, 1.165) is 11.3 Å². The Labute approximate surface area is 123 Å². The van der Waals surface area contributed by atoms with Gasteiger partial charge in [-0.3, -0.25) is 4.79 Å². The summed E-state index contributed by atoms with van der Waals surface area (Å²) in [4.78, 5) is 14.2. The first-order chi connectivity index (χ1) is 10.3. The van der Waals surface area contributed by atoms with Gasteiger partial charge in [-0.1, -0.05) is 6.07 Å². The van der Waals surface area contributed by atoms with Crippen LogP contribution < -0.4 is 9.47 Å². The smallest absolute Gasteiger partial charge is 0.231 e. The highest BCUT2D eigenvalue weighted by Gasteiger charge is 2.22. The van der Waals surface area contributed by atoms with Crippen molar-refractivity contribution in [2.45, 2.75) is 6.42 Å². The molecular weight excluding hydrogens is 274 g/mol. The zero-order valence-electron chi connectivity index (χ0n) is 11.8. The third kappa shape index (κ3) is 3.28. The van der Waals surface area contributed by atoms with E-state index in [2.05, 4.69) is 0 Å². The summed E-state index contributed by atoms with van der Waals surface area (Å²) in [6.07, 6.45) is 0.314. The van der Waals surface area contributed by atoms with E-state index in [-0.39, 0.29) is 25.2 Å². The van der Waals surface area contributed by atoms with Gasteiger partial charge in [-0.05, 0) is 17.7 Å². The molecule has 0 saturated carbocycles. The van der Waals surface area contributed by atoms with E-state index in [9.17, 15) is 9.90 Å². The molecule has 0 aromatic heterocycles. The van der Waals surface area contributed by atoms with Crippen LogP contribution >= 0.6 is 0 Å². The van der Waals surface area contributed by atoms with Gasteiger partial charge in [-0.15, -0.1) is 0 Å². The van der Waals surface area contributed by atoms with Crippen LogP contribution in [0.2, 0.25) is 0 Å². The Hall–Kier alpha value is -1.79. The van der Waals surface area contributed by atoms with Crippen molar-refractivity contribution in [1.82, 2.24) is 4.90 Å². The van der Waals surface area contributed by atoms with Crippen LogP contribution in [-0.4, -0.2) is 55.6 Å². The standard InChI is InChI=1S/C15H19NO5/c17-8-12-7-16(3-4-19-9-12)15(18)6-11-1-2-13-14(5-11)21-10-20-13/h1-2,5,12,17H,3-4,6-10H2. The molecule has 1 N–H and O–H groups in total. The molecule has 2 aliphatic rings. The van der Waals surface area contributed by atoms with Gasteiger partial charge >= 0.3 is 0 Å². The SMILES string of the molecule is O=C(Cc1ccc2c(c1)OCO2)N1CCOCC(CO)C1. The Balaban J connectivity index is 1.65. The Morgan fingerprint density at radius 2 is 2.19 bits per heavy atom. The maximum atomic E-state index is 12.4. The number of benzene rings is 1. The van der Waals surface area contributed by atoms with Gasteiger partial charge in [0.15, 0.2) is 11.5 Å². The lowest BCUT2D eigenvalue weighted by molar-refractivity contribution is -0.131. The number of ether oxygens (including phenoxy) is 3. The zero-order valence-corrected chi connectivity index (χ0v) is 11.8. The Bertz CT molecular complexity index is 519. The number of nitrogens with zero attached hydrogens (tertiary/aromatic N) is 1. The molecule has 1 fully saturated rings. The van der Waals surface area contributed by atoms with Crippen LogP contribution in [0.1, 0.15) is 5.56 Å². The predicted molar refractivity (Wildman–Crippen MR) is 74.2 cm³/mol. The summed E-state index contributed by atoms with van der Waals surface area (Å²) >= 11 is 0. The second kappa shape index (κ2) is 6.32. The number of amides is 1. The largest absolute Gasteiger partial charge is 0.454 e. The molecule has 6 heteroatoms. The zero-order chi connectivity index (χ0) is 14.7. The second-order valence-electron chi connectivity index (χ2n) is 5.33. The maximum absolute atomic E-state index is 12.4. The molecule has 114 valence electrons. The Morgan fingerprint density at radius 3 is 3.05 bits per heavy atom. The minimum Gasteiger partial charge on any atom is -0.454 e. The van der Waals surface area contributed by atoms with E-state index in [1.54, 1.807) is 4.90 Å². The molecular formula is C15H19NO5. The first-order valence-corrected chi connectivity index (χ1v) is 7.11. The van der Waals surface area contributed by atoms with E-state index in [1.807, 2.05) is 18.2 Å². The minimum absolute atomic E-state index is 0.00629. The number of hydrogen-bond donors (Lipinski definition) is 1. The second-order valence-corrected chi connectivity index (χ2v) is 5.33. The van der Waals surface area contributed by atoms with Gasteiger partial charge in [0.25, 0.3) is 0 Å². The molecule has 1 saturated heterocycles. The molecule has 1 atom stereocenters. The molecule has 1 unspecified atom stereocenters. The van der Waals surface area contributed by atoms with Gasteiger partial charge in [0, 0.05) is 25.6 Å². The average Bonchev–Trinajstić information content (AvgIpc) is 2.82. The first kappa shape index (κ1) is 14.2. The Kier molecular flexibility index (Phi) is 4.26. The van der Waals surface area contributed by atoms with E-state index in [1.165, 1.54) is 0 Å². The summed E-state index contributed by atoms with van der Waals surface area (Å²) in [6.45, 7) is 2.40. The molecule has 6 nitrogen and oxygen atoms in total. The third-order valence-corrected chi connectivity index (χ3v) is 3.74. The molecule has 1 aromatic rings. The van der Waals surface area contributed by atoms with Gasteiger partial charge in [0.2, 0.25) is 12.7 Å². The average molecular weight is 293 g/mol. The van der Waals surface area contributed by atoms with Crippen LogP contribution in [0.25, 0.3) is 0 Å². The molecule has 1 amide bonds. The highest BCUT2D eigenvalue weighted by atomic mass is 16.7. The summed E-state index contributed by atoms with van der Waals surface area (Å²) in [5.41, 5.74) is 0.898. The van der Waals surface area contributed by atoms with Crippen LogP contribution in [0, 0.1) is 5.92 Å². The number of carbonyl (C=O) groups is 1. The van der Waals surface area contributed by atoms with Crippen molar-refractivity contribution in [3.05, 3.63) is 23.8 Å². The van der Waals surface area contributed by atoms with Crippen LogP contribution in [0.3, 0.4) is 0 Å².